The molecular formula is C17H15BrO7. The van der Waals surface area contributed by atoms with E-state index in [1.54, 1.807) is 6.07 Å². The van der Waals surface area contributed by atoms with E-state index in [4.69, 9.17) is 13.9 Å². The van der Waals surface area contributed by atoms with Gasteiger partial charge in [-0.3, -0.25) is 0 Å². The van der Waals surface area contributed by atoms with E-state index in [0.717, 1.165) is 0 Å². The van der Waals surface area contributed by atoms with Crippen LogP contribution in [-0.2, 0) is 0 Å². The van der Waals surface area contributed by atoms with Crippen molar-refractivity contribution in [2.75, 3.05) is 14.2 Å². The van der Waals surface area contributed by atoms with E-state index in [-0.39, 0.29) is 51.1 Å². The zero-order valence-electron chi connectivity index (χ0n) is 13.3. The molecule has 0 saturated heterocycles. The molecule has 4 N–H and O–H groups in total. The molecule has 25 heavy (non-hydrogen) atoms. The number of fused-ring (bicyclic) bond motifs is 1. The number of rotatable bonds is 3. The van der Waals surface area contributed by atoms with E-state index in [0.29, 0.717) is 11.1 Å². The highest BCUT2D eigenvalue weighted by molar-refractivity contribution is 5.88. The molecule has 7 nitrogen and oxygen atoms in total. The summed E-state index contributed by atoms with van der Waals surface area (Å²) in [6, 6.07) is 6.91. The van der Waals surface area contributed by atoms with Gasteiger partial charge in [0.15, 0.2) is 11.5 Å². The smallest absolute Gasteiger partial charge is 0.402 e. The van der Waals surface area contributed by atoms with Gasteiger partial charge in [-0.15, -0.1) is 0 Å². The second-order valence-corrected chi connectivity index (χ2v) is 5.07. The fourth-order valence-corrected chi connectivity index (χ4v) is 2.39. The molecule has 0 saturated carbocycles. The zero-order chi connectivity index (χ0) is 17.4. The third kappa shape index (κ3) is 3.20. The lowest BCUT2D eigenvalue weighted by atomic mass is 10.1. The van der Waals surface area contributed by atoms with Crippen LogP contribution in [0.1, 0.15) is 0 Å². The van der Waals surface area contributed by atoms with Crippen molar-refractivity contribution in [3.8, 4) is 45.8 Å². The van der Waals surface area contributed by atoms with E-state index in [9.17, 15) is 20.4 Å². The Hall–Kier alpha value is -2.87. The molecule has 0 aliphatic rings. The van der Waals surface area contributed by atoms with E-state index in [1.165, 1.54) is 38.5 Å². The zero-order valence-corrected chi connectivity index (χ0v) is 14.9. The molecule has 3 rings (SSSR count). The number of halogens is 1. The first-order chi connectivity index (χ1) is 11.4. The van der Waals surface area contributed by atoms with Crippen LogP contribution in [0.3, 0.4) is 0 Å². The number of hydrogen-bond donors (Lipinski definition) is 4. The standard InChI is InChI=1S/C17H14O7.BrH/c1-22-9-5-11(18)10-7-13(20)17(24-14(10)6-9)8-3-12(19)16(21)15(4-8)23-2;/h3-7H,1-2H3,(H3-,18,19,20,21);1H. The van der Waals surface area contributed by atoms with E-state index in [1.807, 2.05) is 0 Å². The minimum absolute atomic E-state index is 0. The Morgan fingerprint density at radius 2 is 1.52 bits per heavy atom. The Morgan fingerprint density at radius 1 is 0.800 bits per heavy atom. The van der Waals surface area contributed by atoms with Gasteiger partial charge in [-0.05, 0) is 0 Å². The Morgan fingerprint density at radius 3 is 2.16 bits per heavy atom. The Labute approximate surface area is 153 Å². The van der Waals surface area contributed by atoms with Crippen LogP contribution in [0, 0.1) is 0 Å². The maximum absolute atomic E-state index is 10.2. The van der Waals surface area contributed by atoms with Gasteiger partial charge in [-0.2, -0.15) is 0 Å². The van der Waals surface area contributed by atoms with Crippen LogP contribution in [0.2, 0.25) is 0 Å². The third-order valence-corrected chi connectivity index (χ3v) is 3.59. The molecule has 0 bridgehead atoms. The number of phenolic OH excluding ortho intramolecular Hbond substituents is 3. The molecule has 1 aromatic heterocycles. The van der Waals surface area contributed by atoms with Gasteiger partial charge in [0.1, 0.15) is 16.9 Å². The van der Waals surface area contributed by atoms with Crippen molar-refractivity contribution in [3.63, 3.8) is 0 Å². The normalized spacial score (nSPS) is 10.3. The van der Waals surface area contributed by atoms with Gasteiger partial charge < -0.3 is 46.9 Å². The molecule has 0 aliphatic carbocycles. The van der Waals surface area contributed by atoms with E-state index < -0.39 is 11.5 Å². The van der Waals surface area contributed by atoms with Crippen LogP contribution >= 0.6 is 0 Å². The summed E-state index contributed by atoms with van der Waals surface area (Å²) in [4.78, 5) is 0. The molecule has 1 heterocycles. The number of benzene rings is 2. The van der Waals surface area contributed by atoms with Gasteiger partial charge in [0.25, 0.3) is 0 Å². The monoisotopic (exact) mass is 410 g/mol. The lowest BCUT2D eigenvalue weighted by Crippen LogP contribution is -3.00. The number of ether oxygens (including phenoxy) is 2. The van der Waals surface area contributed by atoms with Crippen LogP contribution in [0.4, 0.5) is 0 Å². The molecule has 0 amide bonds. The van der Waals surface area contributed by atoms with Crippen molar-refractivity contribution in [1.82, 2.24) is 0 Å². The number of methoxy groups -OCH3 is 2. The summed E-state index contributed by atoms with van der Waals surface area (Å²) in [6.07, 6.45) is 0. The molecule has 0 spiro atoms. The third-order valence-electron chi connectivity index (χ3n) is 3.59. The summed E-state index contributed by atoms with van der Waals surface area (Å²) in [5.74, 6) is -0.770. The first kappa shape index (κ1) is 18.5. The van der Waals surface area contributed by atoms with Crippen molar-refractivity contribution in [2.24, 2.45) is 0 Å². The lowest BCUT2D eigenvalue weighted by Gasteiger charge is -2.06. The molecule has 3 aromatic rings. The second-order valence-electron chi connectivity index (χ2n) is 5.07. The van der Waals surface area contributed by atoms with Crippen molar-refractivity contribution >= 4 is 11.0 Å². The molecule has 0 radical (unpaired) electrons. The van der Waals surface area contributed by atoms with E-state index >= 15 is 0 Å². The second kappa shape index (κ2) is 6.94. The molecule has 0 unspecified atom stereocenters. The Balaban J connectivity index is 0.00000225. The van der Waals surface area contributed by atoms with Gasteiger partial charge in [0.05, 0.1) is 25.8 Å². The summed E-state index contributed by atoms with van der Waals surface area (Å²) in [5.41, 5.74) is 0.551. The van der Waals surface area contributed by atoms with Crippen molar-refractivity contribution < 1.29 is 51.3 Å². The van der Waals surface area contributed by atoms with Crippen molar-refractivity contribution in [1.29, 1.82) is 0 Å². The highest BCUT2D eigenvalue weighted by Crippen LogP contribution is 2.44. The van der Waals surface area contributed by atoms with E-state index in [2.05, 4.69) is 0 Å². The molecule has 132 valence electrons. The maximum atomic E-state index is 10.2. The summed E-state index contributed by atoms with van der Waals surface area (Å²) in [7, 11) is 2.78. The highest BCUT2D eigenvalue weighted by Gasteiger charge is 2.26. The fraction of sp³-hybridized carbons (Fsp3) is 0.118. The summed E-state index contributed by atoms with van der Waals surface area (Å²) in [6.45, 7) is 0. The topological polar surface area (TPSA) is 111 Å². The minimum Gasteiger partial charge on any atom is -1.00 e. The molecule has 0 fully saturated rings. The molecule has 2 aromatic carbocycles. The molecular weight excluding hydrogens is 396 g/mol. The SMILES string of the molecule is COc1cc(O)c2cc(O)c(-c3cc(O)c(O)c(OC)c3)[o+]c2c1.[Br-]. The summed E-state index contributed by atoms with van der Waals surface area (Å²) < 4.78 is 15.7. The first-order valence-electron chi connectivity index (χ1n) is 6.91. The Kier molecular flexibility index (Phi) is 5.13. The Bertz CT molecular complexity index is 940. The van der Waals surface area contributed by atoms with Crippen LogP contribution < -0.4 is 26.5 Å². The van der Waals surface area contributed by atoms with Crippen LogP contribution in [0.25, 0.3) is 22.3 Å². The van der Waals surface area contributed by atoms with Crippen LogP contribution in [0.15, 0.2) is 34.7 Å². The minimum atomic E-state index is -0.424. The number of hydrogen-bond acceptors (Lipinski definition) is 6. The summed E-state index contributed by atoms with van der Waals surface area (Å²) in [5, 5.41) is 40.0. The van der Waals surface area contributed by atoms with Gasteiger partial charge in [-0.25, -0.2) is 4.42 Å². The molecule has 8 heteroatoms. The maximum Gasteiger partial charge on any atom is 0.402 e. The quantitative estimate of drug-likeness (QED) is 0.361. The fourth-order valence-electron chi connectivity index (χ4n) is 2.39. The molecule has 0 atom stereocenters. The first-order valence-corrected chi connectivity index (χ1v) is 6.91. The van der Waals surface area contributed by atoms with Gasteiger partial charge in [-0.1, -0.05) is 0 Å². The predicted octanol–water partition coefficient (Wildman–Crippen LogP) is 0.225. The predicted molar refractivity (Wildman–Crippen MR) is 85.8 cm³/mol. The van der Waals surface area contributed by atoms with Crippen LogP contribution in [-0.4, -0.2) is 34.6 Å². The summed E-state index contributed by atoms with van der Waals surface area (Å²) >= 11 is 0. The van der Waals surface area contributed by atoms with Gasteiger partial charge >= 0.3 is 11.3 Å². The largest absolute Gasteiger partial charge is 1.00 e. The average Bonchev–Trinajstić information content (AvgIpc) is 2.57. The lowest BCUT2D eigenvalue weighted by molar-refractivity contribution is -0.00000951. The van der Waals surface area contributed by atoms with Crippen LogP contribution in [0.5, 0.6) is 34.5 Å². The van der Waals surface area contributed by atoms with Crippen molar-refractivity contribution in [3.05, 3.63) is 30.3 Å². The van der Waals surface area contributed by atoms with Crippen molar-refractivity contribution in [2.45, 2.75) is 0 Å². The molecule has 0 aliphatic heterocycles. The van der Waals surface area contributed by atoms with Gasteiger partial charge in [0.2, 0.25) is 11.5 Å². The number of phenols is 3. The highest BCUT2D eigenvalue weighted by atomic mass is 79.9. The number of aromatic hydroxyl groups is 4. The van der Waals surface area contributed by atoms with Gasteiger partial charge in [0, 0.05) is 24.3 Å². The average molecular weight is 411 g/mol.